The van der Waals surface area contributed by atoms with E-state index in [4.69, 9.17) is 9.94 Å². The number of ether oxygens (including phenoxy) is 1. The molecular weight excluding hydrogens is 394 g/mol. The normalized spacial score (nSPS) is 11.9. The summed E-state index contributed by atoms with van der Waals surface area (Å²) in [6.07, 6.45) is 5.07. The molecule has 1 atom stereocenters. The molecule has 3 aromatic rings. The highest BCUT2D eigenvalue weighted by atomic mass is 32.2. The Morgan fingerprint density at radius 1 is 1.00 bits per heavy atom. The van der Waals surface area contributed by atoms with Crippen LogP contribution in [0, 0.1) is 0 Å². The summed E-state index contributed by atoms with van der Waals surface area (Å²) in [4.78, 5) is 12.8. The summed E-state index contributed by atoms with van der Waals surface area (Å²) in [6, 6.07) is 26.2. The van der Waals surface area contributed by atoms with Gasteiger partial charge in [-0.15, -0.1) is 11.8 Å². The van der Waals surface area contributed by atoms with E-state index in [-0.39, 0.29) is 17.6 Å². The highest BCUT2D eigenvalue weighted by molar-refractivity contribution is 8.00. The van der Waals surface area contributed by atoms with E-state index in [9.17, 15) is 4.79 Å². The molecule has 30 heavy (non-hydrogen) atoms. The number of hydroxylamine groups is 1. The molecular formula is C25H25NO3S. The van der Waals surface area contributed by atoms with Gasteiger partial charge in [0.05, 0.1) is 7.11 Å². The monoisotopic (exact) mass is 419 g/mol. The molecule has 0 radical (unpaired) electrons. The molecule has 0 saturated heterocycles. The first kappa shape index (κ1) is 21.7. The topological polar surface area (TPSA) is 58.6 Å². The molecule has 1 unspecified atom stereocenters. The molecule has 0 aromatic heterocycles. The first-order valence-electron chi connectivity index (χ1n) is 9.72. The van der Waals surface area contributed by atoms with Crippen LogP contribution in [0.4, 0.5) is 0 Å². The fourth-order valence-corrected chi connectivity index (χ4v) is 4.31. The molecule has 0 fully saturated rings. The molecule has 1 amide bonds. The Hall–Kier alpha value is -3.02. The lowest BCUT2D eigenvalue weighted by Gasteiger charge is -2.16. The summed E-state index contributed by atoms with van der Waals surface area (Å²) in [5.41, 5.74) is 5.02. The van der Waals surface area contributed by atoms with Gasteiger partial charge in [0.2, 0.25) is 5.91 Å². The van der Waals surface area contributed by atoms with Gasteiger partial charge < -0.3 is 4.74 Å². The zero-order valence-electron chi connectivity index (χ0n) is 16.8. The number of benzene rings is 3. The Morgan fingerprint density at radius 3 is 2.40 bits per heavy atom. The van der Waals surface area contributed by atoms with Crippen LogP contribution in [0.2, 0.25) is 0 Å². The Labute approximate surface area is 181 Å². The van der Waals surface area contributed by atoms with Gasteiger partial charge in [0.25, 0.3) is 0 Å². The molecule has 0 heterocycles. The second kappa shape index (κ2) is 11.2. The number of carbonyl (C=O) groups is 1. The van der Waals surface area contributed by atoms with E-state index in [0.29, 0.717) is 0 Å². The SMILES string of the molecule is COc1ccccc1/C=C/c1ccc(SC(CC(=O)NO)Cc2ccccc2)cc1. The van der Waals surface area contributed by atoms with E-state index in [2.05, 4.69) is 36.4 Å². The zero-order chi connectivity index (χ0) is 21.2. The first-order chi connectivity index (χ1) is 14.7. The average Bonchev–Trinajstić information content (AvgIpc) is 2.79. The fourth-order valence-electron chi connectivity index (χ4n) is 3.12. The summed E-state index contributed by atoms with van der Waals surface area (Å²) in [5, 5.41) is 8.94. The van der Waals surface area contributed by atoms with Crippen molar-refractivity contribution in [3.05, 3.63) is 95.6 Å². The number of hydrogen-bond acceptors (Lipinski definition) is 4. The maximum absolute atomic E-state index is 11.7. The van der Waals surface area contributed by atoms with Crippen molar-refractivity contribution in [3.8, 4) is 5.75 Å². The van der Waals surface area contributed by atoms with Crippen LogP contribution in [-0.2, 0) is 11.2 Å². The molecule has 0 spiro atoms. The molecule has 154 valence electrons. The molecule has 0 saturated carbocycles. The van der Waals surface area contributed by atoms with Crippen molar-refractivity contribution in [2.24, 2.45) is 0 Å². The second-order valence-electron chi connectivity index (χ2n) is 6.81. The minimum Gasteiger partial charge on any atom is -0.496 e. The number of hydrogen-bond donors (Lipinski definition) is 2. The average molecular weight is 420 g/mol. The highest BCUT2D eigenvalue weighted by Gasteiger charge is 2.16. The maximum Gasteiger partial charge on any atom is 0.244 e. The van der Waals surface area contributed by atoms with Crippen molar-refractivity contribution in [1.29, 1.82) is 0 Å². The smallest absolute Gasteiger partial charge is 0.244 e. The van der Waals surface area contributed by atoms with Gasteiger partial charge in [0.1, 0.15) is 5.75 Å². The highest BCUT2D eigenvalue weighted by Crippen LogP contribution is 2.29. The predicted molar refractivity (Wildman–Crippen MR) is 123 cm³/mol. The van der Waals surface area contributed by atoms with Crippen LogP contribution < -0.4 is 10.2 Å². The maximum atomic E-state index is 11.7. The zero-order valence-corrected chi connectivity index (χ0v) is 17.6. The van der Waals surface area contributed by atoms with E-state index in [1.165, 1.54) is 0 Å². The van der Waals surface area contributed by atoms with Crippen LogP contribution in [0.25, 0.3) is 12.2 Å². The van der Waals surface area contributed by atoms with Crippen molar-refractivity contribution in [3.63, 3.8) is 0 Å². The third-order valence-corrected chi connectivity index (χ3v) is 5.83. The third-order valence-electron chi connectivity index (χ3n) is 4.62. The Morgan fingerprint density at radius 2 is 1.70 bits per heavy atom. The number of carbonyl (C=O) groups excluding carboxylic acids is 1. The van der Waals surface area contributed by atoms with Crippen molar-refractivity contribution >= 4 is 29.8 Å². The minimum atomic E-state index is -0.375. The van der Waals surface area contributed by atoms with Crippen molar-refractivity contribution in [1.82, 2.24) is 5.48 Å². The molecule has 4 nitrogen and oxygen atoms in total. The van der Waals surface area contributed by atoms with E-state index in [1.807, 2.05) is 54.6 Å². The van der Waals surface area contributed by atoms with Crippen molar-refractivity contribution in [2.75, 3.05) is 7.11 Å². The van der Waals surface area contributed by atoms with Crippen LogP contribution in [0.3, 0.4) is 0 Å². The summed E-state index contributed by atoms with van der Waals surface area (Å²) in [6.45, 7) is 0. The van der Waals surface area contributed by atoms with Crippen molar-refractivity contribution < 1.29 is 14.7 Å². The number of rotatable bonds is 9. The third kappa shape index (κ3) is 6.51. The number of methoxy groups -OCH3 is 1. The van der Waals surface area contributed by atoms with E-state index in [0.717, 1.165) is 33.8 Å². The number of nitrogens with one attached hydrogen (secondary N) is 1. The fraction of sp³-hybridized carbons (Fsp3) is 0.160. The largest absolute Gasteiger partial charge is 0.496 e. The Kier molecular flexibility index (Phi) is 8.12. The van der Waals surface area contributed by atoms with Gasteiger partial charge in [-0.2, -0.15) is 0 Å². The lowest BCUT2D eigenvalue weighted by atomic mass is 10.1. The van der Waals surface area contributed by atoms with Crippen LogP contribution in [-0.4, -0.2) is 23.5 Å². The van der Waals surface area contributed by atoms with Crippen LogP contribution in [0.1, 0.15) is 23.1 Å². The van der Waals surface area contributed by atoms with Gasteiger partial charge in [-0.1, -0.05) is 72.8 Å². The minimum absolute atomic E-state index is 0.0227. The molecule has 3 rings (SSSR count). The Bertz CT molecular complexity index is 971. The van der Waals surface area contributed by atoms with E-state index >= 15 is 0 Å². The Balaban J connectivity index is 1.68. The first-order valence-corrected chi connectivity index (χ1v) is 10.6. The molecule has 2 N–H and O–H groups in total. The molecule has 0 aliphatic heterocycles. The van der Waals surface area contributed by atoms with Gasteiger partial charge in [-0.25, -0.2) is 5.48 Å². The molecule has 0 bridgehead atoms. The van der Waals surface area contributed by atoms with Crippen LogP contribution >= 0.6 is 11.8 Å². The van der Waals surface area contributed by atoms with Gasteiger partial charge in [0.15, 0.2) is 0 Å². The quantitative estimate of drug-likeness (QED) is 0.209. The second-order valence-corrected chi connectivity index (χ2v) is 8.19. The summed E-state index contributed by atoms with van der Waals surface area (Å²) in [5.74, 6) is 0.464. The predicted octanol–water partition coefficient (Wildman–Crippen LogP) is 5.46. The lowest BCUT2D eigenvalue weighted by Crippen LogP contribution is -2.24. The summed E-state index contributed by atoms with van der Waals surface area (Å²) < 4.78 is 5.38. The molecule has 5 heteroatoms. The summed E-state index contributed by atoms with van der Waals surface area (Å²) in [7, 11) is 1.67. The van der Waals surface area contributed by atoms with Gasteiger partial charge in [-0.3, -0.25) is 10.0 Å². The van der Waals surface area contributed by atoms with Gasteiger partial charge in [-0.05, 0) is 35.7 Å². The van der Waals surface area contributed by atoms with Crippen LogP contribution in [0.15, 0.2) is 83.8 Å². The molecule has 0 aliphatic rings. The number of thioether (sulfide) groups is 1. The van der Waals surface area contributed by atoms with Crippen LogP contribution in [0.5, 0.6) is 5.75 Å². The van der Waals surface area contributed by atoms with E-state index < -0.39 is 0 Å². The lowest BCUT2D eigenvalue weighted by molar-refractivity contribution is -0.129. The van der Waals surface area contributed by atoms with Gasteiger partial charge in [0, 0.05) is 22.1 Å². The number of amides is 1. The number of para-hydroxylation sites is 1. The van der Waals surface area contributed by atoms with Gasteiger partial charge >= 0.3 is 0 Å². The molecule has 0 aliphatic carbocycles. The van der Waals surface area contributed by atoms with Crippen molar-refractivity contribution in [2.45, 2.75) is 23.0 Å². The standard InChI is InChI=1S/C25H25NO3S/c1-29-24-10-6-5-9-21(24)14-11-19-12-15-22(16-13-19)30-23(18-25(27)26-28)17-20-7-3-2-4-8-20/h2-16,23,28H,17-18H2,1H3,(H,26,27)/b14-11+. The molecule has 3 aromatic carbocycles. The summed E-state index contributed by atoms with van der Waals surface area (Å²) >= 11 is 1.64. The van der Waals surface area contributed by atoms with E-state index in [1.54, 1.807) is 24.4 Å².